The number of rotatable bonds is 9. The molecule has 8 nitrogen and oxygen atoms in total. The maximum atomic E-state index is 12.8. The summed E-state index contributed by atoms with van der Waals surface area (Å²) in [5.41, 5.74) is 2.04. The van der Waals surface area contributed by atoms with Gasteiger partial charge in [0.15, 0.2) is 11.4 Å². The maximum absolute atomic E-state index is 12.8. The van der Waals surface area contributed by atoms with E-state index < -0.39 is 30.0 Å². The van der Waals surface area contributed by atoms with Gasteiger partial charge in [0.25, 0.3) is 5.91 Å². The molecule has 0 fully saturated rings. The van der Waals surface area contributed by atoms with E-state index in [1.807, 2.05) is 45.0 Å². The molecule has 1 amide bonds. The molecule has 3 atom stereocenters. The molecule has 0 aliphatic carbocycles. The van der Waals surface area contributed by atoms with Crippen molar-refractivity contribution in [3.63, 3.8) is 0 Å². The minimum atomic E-state index is -0.947. The number of carbonyl (C=O) groups excluding carboxylic acids is 3. The van der Waals surface area contributed by atoms with Crippen LogP contribution in [0.5, 0.6) is 11.5 Å². The number of hydrogen-bond acceptors (Lipinski definition) is 7. The van der Waals surface area contributed by atoms with Crippen LogP contribution in [0.4, 0.5) is 0 Å². The van der Waals surface area contributed by atoms with Crippen molar-refractivity contribution in [3.8, 4) is 11.5 Å². The SMILES string of the molecule is CCC(=O)Oc1c(OC)ccnc1C(=O)N[C@@H](C)C(=O)O[C@@H](C)[C@@H](C)c1ccccc1C. The van der Waals surface area contributed by atoms with Gasteiger partial charge in [0.2, 0.25) is 5.75 Å². The van der Waals surface area contributed by atoms with E-state index in [4.69, 9.17) is 14.2 Å². The largest absolute Gasteiger partial charge is 0.493 e. The molecule has 0 aliphatic rings. The number of esters is 2. The number of ether oxygens (including phenoxy) is 3. The minimum Gasteiger partial charge on any atom is -0.493 e. The Hall–Kier alpha value is -3.42. The number of pyridine rings is 1. The molecule has 0 bridgehead atoms. The molecule has 1 aromatic carbocycles. The molecule has 0 saturated heterocycles. The number of nitrogens with one attached hydrogen (secondary N) is 1. The molecule has 0 radical (unpaired) electrons. The molecule has 1 N–H and O–H groups in total. The summed E-state index contributed by atoms with van der Waals surface area (Å²) < 4.78 is 16.0. The van der Waals surface area contributed by atoms with Gasteiger partial charge in [0.1, 0.15) is 12.1 Å². The Bertz CT molecular complexity index is 975. The molecule has 0 aliphatic heterocycles. The Morgan fingerprint density at radius 3 is 2.41 bits per heavy atom. The fourth-order valence-electron chi connectivity index (χ4n) is 3.10. The van der Waals surface area contributed by atoms with Crippen LogP contribution < -0.4 is 14.8 Å². The number of nitrogens with zero attached hydrogens (tertiary/aromatic N) is 1. The van der Waals surface area contributed by atoms with Crippen molar-refractivity contribution in [2.24, 2.45) is 0 Å². The Balaban J connectivity index is 2.09. The third-order valence-electron chi connectivity index (χ3n) is 5.19. The highest BCUT2D eigenvalue weighted by atomic mass is 16.6. The highest BCUT2D eigenvalue weighted by Crippen LogP contribution is 2.30. The average molecular weight is 443 g/mol. The summed E-state index contributed by atoms with van der Waals surface area (Å²) in [7, 11) is 1.39. The van der Waals surface area contributed by atoms with Crippen LogP contribution in [0.15, 0.2) is 36.5 Å². The number of amides is 1. The van der Waals surface area contributed by atoms with Crippen molar-refractivity contribution in [1.82, 2.24) is 10.3 Å². The Morgan fingerprint density at radius 1 is 1.09 bits per heavy atom. The zero-order valence-electron chi connectivity index (χ0n) is 19.3. The molecule has 0 unspecified atom stereocenters. The van der Waals surface area contributed by atoms with E-state index >= 15 is 0 Å². The third-order valence-corrected chi connectivity index (χ3v) is 5.19. The van der Waals surface area contributed by atoms with E-state index in [1.165, 1.54) is 26.3 Å². The van der Waals surface area contributed by atoms with Crippen LogP contribution >= 0.6 is 0 Å². The normalized spacial score (nSPS) is 13.4. The molecule has 172 valence electrons. The highest BCUT2D eigenvalue weighted by molar-refractivity contribution is 5.98. The van der Waals surface area contributed by atoms with Gasteiger partial charge in [-0.3, -0.25) is 9.59 Å². The summed E-state index contributed by atoms with van der Waals surface area (Å²) in [5, 5.41) is 2.55. The smallest absolute Gasteiger partial charge is 0.328 e. The summed E-state index contributed by atoms with van der Waals surface area (Å²) in [6.07, 6.45) is 1.06. The van der Waals surface area contributed by atoms with E-state index in [0.717, 1.165) is 11.1 Å². The predicted octanol–water partition coefficient (Wildman–Crippen LogP) is 3.57. The lowest BCUT2D eigenvalue weighted by Gasteiger charge is -2.24. The first kappa shape index (κ1) is 24.8. The molecule has 0 spiro atoms. The molecule has 1 heterocycles. The van der Waals surface area contributed by atoms with Crippen molar-refractivity contribution in [3.05, 3.63) is 53.3 Å². The Labute approximate surface area is 188 Å². The van der Waals surface area contributed by atoms with Gasteiger partial charge < -0.3 is 19.5 Å². The van der Waals surface area contributed by atoms with Gasteiger partial charge in [0, 0.05) is 24.6 Å². The van der Waals surface area contributed by atoms with Crippen LogP contribution in [0.1, 0.15) is 61.6 Å². The molecule has 1 aromatic heterocycles. The van der Waals surface area contributed by atoms with Crippen LogP contribution in [0.2, 0.25) is 0 Å². The first-order chi connectivity index (χ1) is 15.2. The number of benzene rings is 1. The van der Waals surface area contributed by atoms with E-state index in [2.05, 4.69) is 10.3 Å². The van der Waals surface area contributed by atoms with Gasteiger partial charge >= 0.3 is 11.9 Å². The summed E-state index contributed by atoms with van der Waals surface area (Å²) in [5.74, 6) is -1.75. The summed E-state index contributed by atoms with van der Waals surface area (Å²) >= 11 is 0. The van der Waals surface area contributed by atoms with Gasteiger partial charge in [-0.25, -0.2) is 9.78 Å². The lowest BCUT2D eigenvalue weighted by Crippen LogP contribution is -2.41. The molecule has 0 saturated carbocycles. The third kappa shape index (κ3) is 6.06. The van der Waals surface area contributed by atoms with Crippen LogP contribution in [0.3, 0.4) is 0 Å². The molecular formula is C24H30N2O6. The summed E-state index contributed by atoms with van der Waals surface area (Å²) in [4.78, 5) is 41.2. The summed E-state index contributed by atoms with van der Waals surface area (Å²) in [6, 6.07) is 8.44. The second kappa shape index (κ2) is 11.3. The van der Waals surface area contributed by atoms with Crippen LogP contribution in [0.25, 0.3) is 0 Å². The van der Waals surface area contributed by atoms with Crippen molar-refractivity contribution in [2.75, 3.05) is 7.11 Å². The van der Waals surface area contributed by atoms with Crippen molar-refractivity contribution in [1.29, 1.82) is 0 Å². The quantitative estimate of drug-likeness (QED) is 0.592. The first-order valence-electron chi connectivity index (χ1n) is 10.5. The molecular weight excluding hydrogens is 412 g/mol. The Kier molecular flexibility index (Phi) is 8.75. The number of hydrogen-bond donors (Lipinski definition) is 1. The zero-order chi connectivity index (χ0) is 23.8. The lowest BCUT2D eigenvalue weighted by molar-refractivity contribution is -0.151. The monoisotopic (exact) mass is 442 g/mol. The molecule has 32 heavy (non-hydrogen) atoms. The van der Waals surface area contributed by atoms with Gasteiger partial charge in [-0.2, -0.15) is 0 Å². The number of aryl methyl sites for hydroxylation is 1. The van der Waals surface area contributed by atoms with Gasteiger partial charge in [-0.1, -0.05) is 38.1 Å². The average Bonchev–Trinajstić information content (AvgIpc) is 2.78. The number of methoxy groups -OCH3 is 1. The van der Waals surface area contributed by atoms with Gasteiger partial charge in [0.05, 0.1) is 7.11 Å². The first-order valence-corrected chi connectivity index (χ1v) is 10.5. The fourth-order valence-corrected chi connectivity index (χ4v) is 3.10. The van der Waals surface area contributed by atoms with Gasteiger partial charge in [-0.15, -0.1) is 0 Å². The topological polar surface area (TPSA) is 104 Å². The van der Waals surface area contributed by atoms with E-state index in [1.54, 1.807) is 6.92 Å². The van der Waals surface area contributed by atoms with Crippen molar-refractivity contribution >= 4 is 17.8 Å². The van der Waals surface area contributed by atoms with Crippen molar-refractivity contribution < 1.29 is 28.6 Å². The number of carbonyl (C=O) groups is 3. The maximum Gasteiger partial charge on any atom is 0.328 e. The second-order valence-corrected chi connectivity index (χ2v) is 7.50. The molecule has 8 heteroatoms. The van der Waals surface area contributed by atoms with Crippen LogP contribution in [-0.2, 0) is 14.3 Å². The van der Waals surface area contributed by atoms with Crippen LogP contribution in [-0.4, -0.2) is 42.1 Å². The second-order valence-electron chi connectivity index (χ2n) is 7.50. The van der Waals surface area contributed by atoms with E-state index in [0.29, 0.717) is 0 Å². The predicted molar refractivity (Wildman–Crippen MR) is 119 cm³/mol. The fraction of sp³-hybridized carbons (Fsp3) is 0.417. The summed E-state index contributed by atoms with van der Waals surface area (Å²) in [6.45, 7) is 8.95. The lowest BCUT2D eigenvalue weighted by atomic mass is 9.92. The standard InChI is InChI=1S/C24H30N2O6/c1-7-20(27)32-22-19(30-6)12-13-25-21(22)23(28)26-16(4)24(29)31-17(5)15(3)18-11-9-8-10-14(18)2/h8-13,15-17H,7H2,1-6H3,(H,26,28)/t15-,16+,17+/m1/s1. The molecule has 2 aromatic rings. The number of aromatic nitrogens is 1. The van der Waals surface area contributed by atoms with E-state index in [-0.39, 0.29) is 29.5 Å². The Morgan fingerprint density at radius 2 is 1.78 bits per heavy atom. The highest BCUT2D eigenvalue weighted by Gasteiger charge is 2.27. The van der Waals surface area contributed by atoms with E-state index in [9.17, 15) is 14.4 Å². The van der Waals surface area contributed by atoms with Gasteiger partial charge in [-0.05, 0) is 31.9 Å². The van der Waals surface area contributed by atoms with Crippen LogP contribution in [0, 0.1) is 6.92 Å². The minimum absolute atomic E-state index is 0.0249. The van der Waals surface area contributed by atoms with Crippen molar-refractivity contribution in [2.45, 2.75) is 59.1 Å². The zero-order valence-corrected chi connectivity index (χ0v) is 19.3. The molecule has 2 rings (SSSR count).